The van der Waals surface area contributed by atoms with Crippen LogP contribution in [0.3, 0.4) is 0 Å². The lowest BCUT2D eigenvalue weighted by atomic mass is 9.93. The summed E-state index contributed by atoms with van der Waals surface area (Å²) in [7, 11) is 0. The SMILES string of the molecule is N#Cc1cc(-c2cc(-c3ccccc3)cc(-c3cccc4c3nc(-c3cccc5c3[nH]c3ccccc35)n4-c3ccccc3)c2)ncc1-c1ccccc1. The molecule has 0 saturated carbocycles. The molecule has 0 aliphatic rings. The molecule has 0 fully saturated rings. The fourth-order valence-corrected chi connectivity index (χ4v) is 7.69. The Bertz CT molecular complexity index is 3040. The molecule has 0 aliphatic carbocycles. The molecule has 0 spiro atoms. The zero-order chi connectivity index (χ0) is 36.0. The number of hydrogen-bond donors (Lipinski definition) is 1. The Balaban J connectivity index is 1.21. The van der Waals surface area contributed by atoms with Gasteiger partial charge in [0.2, 0.25) is 0 Å². The van der Waals surface area contributed by atoms with Gasteiger partial charge in [-0.25, -0.2) is 4.98 Å². The van der Waals surface area contributed by atoms with Crippen molar-refractivity contribution in [2.24, 2.45) is 0 Å². The van der Waals surface area contributed by atoms with Gasteiger partial charge in [0.25, 0.3) is 0 Å². The highest BCUT2D eigenvalue weighted by Gasteiger charge is 2.21. The first-order valence-corrected chi connectivity index (χ1v) is 18.0. The van der Waals surface area contributed by atoms with E-state index in [0.29, 0.717) is 5.56 Å². The number of para-hydroxylation sites is 4. The van der Waals surface area contributed by atoms with Gasteiger partial charge in [0.1, 0.15) is 5.82 Å². The zero-order valence-corrected chi connectivity index (χ0v) is 29.1. The zero-order valence-electron chi connectivity index (χ0n) is 29.1. The molecule has 10 rings (SSSR count). The maximum atomic E-state index is 10.3. The van der Waals surface area contributed by atoms with Gasteiger partial charge in [0, 0.05) is 50.4 Å². The minimum Gasteiger partial charge on any atom is -0.354 e. The fourth-order valence-electron chi connectivity index (χ4n) is 7.69. The second-order valence-corrected chi connectivity index (χ2v) is 13.4. The minimum atomic E-state index is 0.581. The van der Waals surface area contributed by atoms with E-state index in [9.17, 15) is 5.26 Å². The van der Waals surface area contributed by atoms with Crippen LogP contribution in [0.4, 0.5) is 0 Å². The molecule has 10 aromatic rings. The van der Waals surface area contributed by atoms with Crippen LogP contribution in [0.2, 0.25) is 0 Å². The van der Waals surface area contributed by atoms with Crippen molar-refractivity contribution in [3.8, 4) is 67.8 Å². The molecular weight excluding hydrogens is 659 g/mol. The summed E-state index contributed by atoms with van der Waals surface area (Å²) in [4.78, 5) is 14.2. The van der Waals surface area contributed by atoms with Crippen LogP contribution in [-0.2, 0) is 0 Å². The summed E-state index contributed by atoms with van der Waals surface area (Å²) in [5, 5.41) is 12.6. The van der Waals surface area contributed by atoms with Gasteiger partial charge in [0.05, 0.1) is 33.9 Å². The Morgan fingerprint density at radius 3 is 1.96 bits per heavy atom. The van der Waals surface area contributed by atoms with E-state index in [0.717, 1.165) is 89.2 Å². The van der Waals surface area contributed by atoms with E-state index in [4.69, 9.17) is 9.97 Å². The summed E-state index contributed by atoms with van der Waals surface area (Å²) in [5.74, 6) is 0.858. The average Bonchev–Trinajstić information content (AvgIpc) is 3.83. The molecular formula is C49H31N5. The van der Waals surface area contributed by atoms with E-state index in [1.165, 1.54) is 5.39 Å². The second-order valence-electron chi connectivity index (χ2n) is 13.4. The van der Waals surface area contributed by atoms with Crippen molar-refractivity contribution in [2.45, 2.75) is 0 Å². The number of nitriles is 1. The van der Waals surface area contributed by atoms with Gasteiger partial charge in [-0.2, -0.15) is 5.26 Å². The second kappa shape index (κ2) is 12.9. The Morgan fingerprint density at radius 2 is 1.17 bits per heavy atom. The summed E-state index contributed by atoms with van der Waals surface area (Å²) in [5.41, 5.74) is 14.3. The summed E-state index contributed by atoms with van der Waals surface area (Å²) in [6.45, 7) is 0. The quantitative estimate of drug-likeness (QED) is 0.189. The van der Waals surface area contributed by atoms with Crippen molar-refractivity contribution in [3.05, 3.63) is 188 Å². The van der Waals surface area contributed by atoms with E-state index < -0.39 is 0 Å². The van der Waals surface area contributed by atoms with Crippen molar-refractivity contribution < 1.29 is 0 Å². The van der Waals surface area contributed by atoms with Gasteiger partial charge < -0.3 is 4.98 Å². The van der Waals surface area contributed by atoms with E-state index in [1.807, 2.05) is 54.7 Å². The van der Waals surface area contributed by atoms with E-state index in [-0.39, 0.29) is 0 Å². The van der Waals surface area contributed by atoms with Crippen molar-refractivity contribution in [1.29, 1.82) is 5.26 Å². The monoisotopic (exact) mass is 689 g/mol. The first-order valence-electron chi connectivity index (χ1n) is 18.0. The maximum absolute atomic E-state index is 10.3. The fraction of sp³-hybridized carbons (Fsp3) is 0. The smallest absolute Gasteiger partial charge is 0.147 e. The molecule has 252 valence electrons. The number of imidazole rings is 1. The third-order valence-electron chi connectivity index (χ3n) is 10.2. The van der Waals surface area contributed by atoms with Crippen LogP contribution < -0.4 is 0 Å². The number of pyridine rings is 1. The van der Waals surface area contributed by atoms with Gasteiger partial charge in [0.15, 0.2) is 0 Å². The molecule has 0 saturated heterocycles. The van der Waals surface area contributed by atoms with Crippen LogP contribution in [0, 0.1) is 11.3 Å². The third kappa shape index (κ3) is 5.25. The molecule has 54 heavy (non-hydrogen) atoms. The number of aromatic amines is 1. The lowest BCUT2D eigenvalue weighted by Gasteiger charge is -2.13. The number of aromatic nitrogens is 4. The normalized spacial score (nSPS) is 11.3. The van der Waals surface area contributed by atoms with Crippen LogP contribution in [0.15, 0.2) is 182 Å². The Morgan fingerprint density at radius 1 is 0.519 bits per heavy atom. The maximum Gasteiger partial charge on any atom is 0.147 e. The molecule has 0 unspecified atom stereocenters. The van der Waals surface area contributed by atoms with Crippen LogP contribution in [0.25, 0.3) is 94.6 Å². The molecule has 1 N–H and O–H groups in total. The van der Waals surface area contributed by atoms with Crippen molar-refractivity contribution in [1.82, 2.24) is 19.5 Å². The standard InChI is InChI=1S/C49H31N5/c50-30-37-29-45(51-31-43(37)33-16-6-2-7-17-33)36-27-34(32-14-4-1-5-15-32)26-35(28-36)39-21-13-25-46-48(39)53-49(54(46)38-18-8-3-9-19-38)42-23-12-22-41-40-20-10-11-24-44(40)52-47(41)42/h1-29,31,52H. The van der Waals surface area contributed by atoms with Gasteiger partial charge in [-0.3, -0.25) is 9.55 Å². The highest BCUT2D eigenvalue weighted by Crippen LogP contribution is 2.40. The van der Waals surface area contributed by atoms with Crippen molar-refractivity contribution in [2.75, 3.05) is 0 Å². The van der Waals surface area contributed by atoms with Gasteiger partial charge in [-0.1, -0.05) is 121 Å². The third-order valence-corrected chi connectivity index (χ3v) is 10.2. The lowest BCUT2D eigenvalue weighted by Crippen LogP contribution is -1.97. The lowest BCUT2D eigenvalue weighted by molar-refractivity contribution is 1.10. The molecule has 3 aromatic heterocycles. The predicted molar refractivity (Wildman–Crippen MR) is 220 cm³/mol. The average molecular weight is 690 g/mol. The summed E-state index contributed by atoms with van der Waals surface area (Å²) in [6, 6.07) is 63.0. The highest BCUT2D eigenvalue weighted by molar-refractivity contribution is 6.12. The Hall–Kier alpha value is -7.55. The van der Waals surface area contributed by atoms with Crippen LogP contribution in [-0.4, -0.2) is 19.5 Å². The van der Waals surface area contributed by atoms with Crippen molar-refractivity contribution in [3.63, 3.8) is 0 Å². The van der Waals surface area contributed by atoms with Crippen LogP contribution >= 0.6 is 0 Å². The van der Waals surface area contributed by atoms with Crippen LogP contribution in [0.1, 0.15) is 5.56 Å². The number of rotatable bonds is 6. The van der Waals surface area contributed by atoms with E-state index in [2.05, 4.69) is 143 Å². The van der Waals surface area contributed by atoms with Gasteiger partial charge in [-0.15, -0.1) is 0 Å². The molecule has 0 amide bonds. The molecule has 0 aliphatic heterocycles. The number of H-pyrrole nitrogens is 1. The molecule has 3 heterocycles. The molecule has 0 radical (unpaired) electrons. The summed E-state index contributed by atoms with van der Waals surface area (Å²) >= 11 is 0. The molecule has 0 bridgehead atoms. The first-order chi connectivity index (χ1) is 26.7. The first kappa shape index (κ1) is 31.2. The number of fused-ring (bicyclic) bond motifs is 4. The number of nitrogens with zero attached hydrogens (tertiary/aromatic N) is 4. The number of hydrogen-bond acceptors (Lipinski definition) is 3. The topological polar surface area (TPSA) is 70.3 Å². The molecule has 5 heteroatoms. The Kier molecular flexibility index (Phi) is 7.45. The minimum absolute atomic E-state index is 0.581. The van der Waals surface area contributed by atoms with Crippen LogP contribution in [0.5, 0.6) is 0 Å². The highest BCUT2D eigenvalue weighted by atomic mass is 15.1. The number of nitrogens with one attached hydrogen (secondary N) is 1. The largest absolute Gasteiger partial charge is 0.354 e. The summed E-state index contributed by atoms with van der Waals surface area (Å²) in [6.07, 6.45) is 1.82. The Labute approximate surface area is 312 Å². The number of benzene rings is 7. The molecule has 5 nitrogen and oxygen atoms in total. The predicted octanol–water partition coefficient (Wildman–Crippen LogP) is 12.3. The van der Waals surface area contributed by atoms with Gasteiger partial charge >= 0.3 is 0 Å². The summed E-state index contributed by atoms with van der Waals surface area (Å²) < 4.78 is 2.27. The van der Waals surface area contributed by atoms with Crippen molar-refractivity contribution >= 4 is 32.8 Å². The molecule has 0 atom stereocenters. The van der Waals surface area contributed by atoms with Gasteiger partial charge in [-0.05, 0) is 76.9 Å². The molecule has 7 aromatic carbocycles. The van der Waals surface area contributed by atoms with E-state index in [1.54, 1.807) is 0 Å². The van der Waals surface area contributed by atoms with E-state index >= 15 is 0 Å².